The summed E-state index contributed by atoms with van der Waals surface area (Å²) in [4.78, 5) is 0. The SMILES string of the molecule is COc1cccc(CNc2cccc(C)c2)c1OC. The molecule has 0 bridgehead atoms. The van der Waals surface area contributed by atoms with E-state index in [4.69, 9.17) is 9.47 Å². The summed E-state index contributed by atoms with van der Waals surface area (Å²) in [5.41, 5.74) is 3.41. The Morgan fingerprint density at radius 2 is 1.79 bits per heavy atom. The van der Waals surface area contributed by atoms with Crippen molar-refractivity contribution in [3.63, 3.8) is 0 Å². The first kappa shape index (κ1) is 13.3. The number of rotatable bonds is 5. The van der Waals surface area contributed by atoms with Gasteiger partial charge in [-0.25, -0.2) is 0 Å². The molecule has 2 aromatic rings. The molecule has 2 rings (SSSR count). The summed E-state index contributed by atoms with van der Waals surface area (Å²) in [5, 5.41) is 3.39. The van der Waals surface area contributed by atoms with Crippen LogP contribution in [0.15, 0.2) is 42.5 Å². The number of para-hydroxylation sites is 1. The summed E-state index contributed by atoms with van der Waals surface area (Å²) in [6.45, 7) is 2.78. The molecular formula is C16H19NO2. The lowest BCUT2D eigenvalue weighted by atomic mass is 10.1. The Balaban J connectivity index is 2.15. The van der Waals surface area contributed by atoms with Gasteiger partial charge in [0.1, 0.15) is 0 Å². The van der Waals surface area contributed by atoms with E-state index in [9.17, 15) is 0 Å². The molecule has 0 aliphatic heterocycles. The maximum absolute atomic E-state index is 5.41. The van der Waals surface area contributed by atoms with Gasteiger partial charge in [-0.05, 0) is 30.7 Å². The third kappa shape index (κ3) is 3.19. The fourth-order valence-electron chi connectivity index (χ4n) is 2.05. The highest BCUT2D eigenvalue weighted by atomic mass is 16.5. The van der Waals surface area contributed by atoms with Crippen LogP contribution < -0.4 is 14.8 Å². The van der Waals surface area contributed by atoms with E-state index < -0.39 is 0 Å². The minimum Gasteiger partial charge on any atom is -0.493 e. The molecular weight excluding hydrogens is 238 g/mol. The Morgan fingerprint density at radius 1 is 1.00 bits per heavy atom. The Labute approximate surface area is 114 Å². The zero-order valence-corrected chi connectivity index (χ0v) is 11.6. The second-order valence-corrected chi connectivity index (χ2v) is 4.38. The molecule has 100 valence electrons. The molecule has 2 aromatic carbocycles. The normalized spacial score (nSPS) is 10.1. The van der Waals surface area contributed by atoms with Gasteiger partial charge in [-0.1, -0.05) is 24.3 Å². The lowest BCUT2D eigenvalue weighted by Crippen LogP contribution is -2.03. The number of anilines is 1. The van der Waals surface area contributed by atoms with Gasteiger partial charge in [0.2, 0.25) is 0 Å². The standard InChI is InChI=1S/C16H19NO2/c1-12-6-4-8-14(10-12)17-11-13-7-5-9-15(18-2)16(13)19-3/h4-10,17H,11H2,1-3H3. The number of aryl methyl sites for hydroxylation is 1. The summed E-state index contributed by atoms with van der Waals surface area (Å²) in [7, 11) is 3.31. The van der Waals surface area contributed by atoms with Crippen LogP contribution in [0.1, 0.15) is 11.1 Å². The van der Waals surface area contributed by atoms with Crippen molar-refractivity contribution >= 4 is 5.69 Å². The molecule has 0 aromatic heterocycles. The third-order valence-corrected chi connectivity index (χ3v) is 2.99. The monoisotopic (exact) mass is 257 g/mol. The molecule has 0 radical (unpaired) electrons. The van der Waals surface area contributed by atoms with Gasteiger partial charge in [0.05, 0.1) is 14.2 Å². The van der Waals surface area contributed by atoms with Crippen LogP contribution in [0.4, 0.5) is 5.69 Å². The van der Waals surface area contributed by atoms with Crippen LogP contribution in [0.2, 0.25) is 0 Å². The number of methoxy groups -OCH3 is 2. The molecule has 0 saturated heterocycles. The summed E-state index contributed by atoms with van der Waals surface area (Å²) >= 11 is 0. The summed E-state index contributed by atoms with van der Waals surface area (Å²) in [6, 6.07) is 14.2. The smallest absolute Gasteiger partial charge is 0.165 e. The van der Waals surface area contributed by atoms with Gasteiger partial charge in [-0.2, -0.15) is 0 Å². The molecule has 0 aliphatic carbocycles. The maximum atomic E-state index is 5.41. The topological polar surface area (TPSA) is 30.5 Å². The van der Waals surface area contributed by atoms with Crippen LogP contribution in [0, 0.1) is 6.92 Å². The molecule has 0 saturated carbocycles. The minimum atomic E-state index is 0.698. The Morgan fingerprint density at radius 3 is 2.47 bits per heavy atom. The van der Waals surface area contributed by atoms with E-state index in [0.29, 0.717) is 6.54 Å². The van der Waals surface area contributed by atoms with Crippen molar-refractivity contribution in [1.82, 2.24) is 0 Å². The van der Waals surface area contributed by atoms with E-state index in [-0.39, 0.29) is 0 Å². The highest BCUT2D eigenvalue weighted by molar-refractivity contribution is 5.50. The molecule has 0 aliphatic rings. The Bertz CT molecular complexity index is 552. The largest absolute Gasteiger partial charge is 0.493 e. The first-order chi connectivity index (χ1) is 9.24. The van der Waals surface area contributed by atoms with Gasteiger partial charge in [-0.3, -0.25) is 0 Å². The molecule has 19 heavy (non-hydrogen) atoms. The lowest BCUT2D eigenvalue weighted by molar-refractivity contribution is 0.352. The summed E-state index contributed by atoms with van der Waals surface area (Å²) in [5.74, 6) is 1.54. The highest BCUT2D eigenvalue weighted by Gasteiger charge is 2.08. The quantitative estimate of drug-likeness (QED) is 0.887. The van der Waals surface area contributed by atoms with Gasteiger partial charge in [0.25, 0.3) is 0 Å². The summed E-state index contributed by atoms with van der Waals surface area (Å²) in [6.07, 6.45) is 0. The molecule has 0 heterocycles. The Kier molecular flexibility index (Phi) is 4.29. The van der Waals surface area contributed by atoms with Crippen LogP contribution in [0.5, 0.6) is 11.5 Å². The first-order valence-corrected chi connectivity index (χ1v) is 6.25. The number of hydrogen-bond acceptors (Lipinski definition) is 3. The van der Waals surface area contributed by atoms with E-state index in [1.165, 1.54) is 5.56 Å². The van der Waals surface area contributed by atoms with Crippen molar-refractivity contribution in [2.45, 2.75) is 13.5 Å². The van der Waals surface area contributed by atoms with Crippen molar-refractivity contribution < 1.29 is 9.47 Å². The Hall–Kier alpha value is -2.16. The zero-order chi connectivity index (χ0) is 13.7. The van der Waals surface area contributed by atoms with Gasteiger partial charge in [0, 0.05) is 17.8 Å². The fourth-order valence-corrected chi connectivity index (χ4v) is 2.05. The van der Waals surface area contributed by atoms with Gasteiger partial charge >= 0.3 is 0 Å². The van der Waals surface area contributed by atoms with Crippen molar-refractivity contribution in [2.24, 2.45) is 0 Å². The fraction of sp³-hybridized carbons (Fsp3) is 0.250. The molecule has 3 nitrogen and oxygen atoms in total. The second kappa shape index (κ2) is 6.14. The van der Waals surface area contributed by atoms with Crippen LogP contribution in [-0.4, -0.2) is 14.2 Å². The molecule has 0 fully saturated rings. The molecule has 0 amide bonds. The average molecular weight is 257 g/mol. The van der Waals surface area contributed by atoms with Crippen LogP contribution in [-0.2, 0) is 6.54 Å². The van der Waals surface area contributed by atoms with E-state index in [1.807, 2.05) is 24.3 Å². The molecule has 0 spiro atoms. The number of nitrogens with one attached hydrogen (secondary N) is 1. The predicted octanol–water partition coefficient (Wildman–Crippen LogP) is 3.62. The van der Waals surface area contributed by atoms with E-state index in [0.717, 1.165) is 22.7 Å². The lowest BCUT2D eigenvalue weighted by Gasteiger charge is -2.13. The number of ether oxygens (including phenoxy) is 2. The summed E-state index contributed by atoms with van der Waals surface area (Å²) < 4.78 is 10.7. The van der Waals surface area contributed by atoms with Gasteiger partial charge < -0.3 is 14.8 Å². The van der Waals surface area contributed by atoms with Crippen molar-refractivity contribution in [2.75, 3.05) is 19.5 Å². The first-order valence-electron chi connectivity index (χ1n) is 6.25. The number of hydrogen-bond donors (Lipinski definition) is 1. The predicted molar refractivity (Wildman–Crippen MR) is 78.1 cm³/mol. The van der Waals surface area contributed by atoms with Gasteiger partial charge in [0.15, 0.2) is 11.5 Å². The van der Waals surface area contributed by atoms with Crippen molar-refractivity contribution in [3.8, 4) is 11.5 Å². The number of benzene rings is 2. The van der Waals surface area contributed by atoms with Crippen LogP contribution >= 0.6 is 0 Å². The average Bonchev–Trinajstić information content (AvgIpc) is 2.44. The maximum Gasteiger partial charge on any atom is 0.165 e. The second-order valence-electron chi connectivity index (χ2n) is 4.38. The van der Waals surface area contributed by atoms with E-state index >= 15 is 0 Å². The van der Waals surface area contributed by atoms with Crippen molar-refractivity contribution in [3.05, 3.63) is 53.6 Å². The third-order valence-electron chi connectivity index (χ3n) is 2.99. The van der Waals surface area contributed by atoms with E-state index in [2.05, 4.69) is 30.4 Å². The van der Waals surface area contributed by atoms with Crippen molar-refractivity contribution in [1.29, 1.82) is 0 Å². The van der Waals surface area contributed by atoms with Crippen LogP contribution in [0.3, 0.4) is 0 Å². The molecule has 1 N–H and O–H groups in total. The molecule has 0 atom stereocenters. The van der Waals surface area contributed by atoms with Gasteiger partial charge in [-0.15, -0.1) is 0 Å². The zero-order valence-electron chi connectivity index (χ0n) is 11.6. The highest BCUT2D eigenvalue weighted by Crippen LogP contribution is 2.31. The van der Waals surface area contributed by atoms with Crippen LogP contribution in [0.25, 0.3) is 0 Å². The molecule has 3 heteroatoms. The molecule has 0 unspecified atom stereocenters. The minimum absolute atomic E-state index is 0.698. The van der Waals surface area contributed by atoms with E-state index in [1.54, 1.807) is 14.2 Å².